The second-order valence-corrected chi connectivity index (χ2v) is 13.6. The minimum atomic E-state index is -0.633. The van der Waals surface area contributed by atoms with Gasteiger partial charge in [0.05, 0.1) is 16.8 Å². The van der Waals surface area contributed by atoms with Gasteiger partial charge in [-0.2, -0.15) is 0 Å². The number of aromatic nitrogens is 3. The van der Waals surface area contributed by atoms with E-state index in [-0.39, 0.29) is 0 Å². The third-order valence-electron chi connectivity index (χ3n) is 10.6. The number of hydrogen-bond acceptors (Lipinski definition) is 4. The van der Waals surface area contributed by atoms with Crippen LogP contribution < -0.4 is 4.74 Å². The van der Waals surface area contributed by atoms with Crippen LogP contribution in [-0.2, 0) is 5.41 Å². The lowest BCUT2D eigenvalue weighted by atomic mass is 9.65. The molecule has 0 fully saturated rings. The van der Waals surface area contributed by atoms with Crippen LogP contribution in [0.3, 0.4) is 0 Å². The Morgan fingerprint density at radius 3 is 1.83 bits per heavy atom. The van der Waals surface area contributed by atoms with Crippen molar-refractivity contribution < 1.29 is 4.74 Å². The summed E-state index contributed by atoms with van der Waals surface area (Å²) in [5.74, 6) is 2.42. The van der Waals surface area contributed by atoms with Crippen LogP contribution in [0.5, 0.6) is 11.5 Å². The molecule has 1 spiro atoms. The Morgan fingerprint density at radius 1 is 0.423 bits per heavy atom. The van der Waals surface area contributed by atoms with E-state index in [1.165, 1.54) is 22.3 Å². The topological polar surface area (TPSA) is 47.9 Å². The Morgan fingerprint density at radius 2 is 1.04 bits per heavy atom. The first-order chi connectivity index (χ1) is 25.6. The molecule has 0 saturated heterocycles. The summed E-state index contributed by atoms with van der Waals surface area (Å²) >= 11 is 0. The third kappa shape index (κ3) is 4.51. The van der Waals surface area contributed by atoms with Gasteiger partial charge in [0.1, 0.15) is 11.5 Å². The summed E-state index contributed by atoms with van der Waals surface area (Å²) in [6.45, 7) is 4.11. The molecule has 246 valence electrons. The molecule has 0 radical (unpaired) electrons. The van der Waals surface area contributed by atoms with Crippen molar-refractivity contribution in [2.24, 2.45) is 0 Å². The van der Waals surface area contributed by atoms with Crippen molar-refractivity contribution in [3.05, 3.63) is 197 Å². The molecule has 4 heteroatoms. The molecule has 2 aliphatic rings. The van der Waals surface area contributed by atoms with E-state index in [0.717, 1.165) is 73.2 Å². The van der Waals surface area contributed by atoms with E-state index in [9.17, 15) is 0 Å². The Labute approximate surface area is 303 Å². The summed E-state index contributed by atoms with van der Waals surface area (Å²) in [4.78, 5) is 15.1. The molecule has 3 heterocycles. The molecule has 0 N–H and O–H groups in total. The van der Waals surface area contributed by atoms with E-state index in [1.807, 2.05) is 31.2 Å². The summed E-state index contributed by atoms with van der Waals surface area (Å²) in [5, 5.41) is 0. The molecule has 0 amide bonds. The van der Waals surface area contributed by atoms with Crippen molar-refractivity contribution in [3.63, 3.8) is 0 Å². The monoisotopic (exact) mass is 667 g/mol. The van der Waals surface area contributed by atoms with E-state index in [2.05, 4.69) is 146 Å². The molecule has 1 aliphatic carbocycles. The first-order valence-corrected chi connectivity index (χ1v) is 17.7. The van der Waals surface area contributed by atoms with Gasteiger partial charge in [0.25, 0.3) is 0 Å². The highest BCUT2D eigenvalue weighted by Gasteiger charge is 2.51. The van der Waals surface area contributed by atoms with Crippen molar-refractivity contribution in [1.29, 1.82) is 0 Å². The molecular formula is C48H33N3O. The molecule has 1 unspecified atom stereocenters. The number of fused-ring (bicyclic) bond motifs is 9. The lowest BCUT2D eigenvalue weighted by Gasteiger charge is -2.40. The summed E-state index contributed by atoms with van der Waals surface area (Å²) in [6.07, 6.45) is 0. The van der Waals surface area contributed by atoms with Gasteiger partial charge in [0.15, 0.2) is 5.82 Å². The number of ether oxygens (including phenoxy) is 1. The predicted molar refractivity (Wildman–Crippen MR) is 208 cm³/mol. The van der Waals surface area contributed by atoms with E-state index in [1.54, 1.807) is 0 Å². The van der Waals surface area contributed by atoms with Gasteiger partial charge in [-0.3, -0.25) is 4.98 Å². The number of benzene rings is 6. The van der Waals surface area contributed by atoms with Gasteiger partial charge in [-0.1, -0.05) is 140 Å². The van der Waals surface area contributed by atoms with E-state index in [0.29, 0.717) is 5.82 Å². The van der Waals surface area contributed by atoms with E-state index < -0.39 is 5.41 Å². The standard InChI is InChI=1S/C48H33N3O/c1-30-24-26-35(31(2)49-30)38-19-13-22-41-46(38)52-45-23-12-11-21-40(45)48(41)39-20-10-9-18-36(39)37-27-25-34(28-42(37)48)44-29-43(32-14-5-3-6-15-32)50-47(51-44)33-16-7-4-8-17-33/h3-29H,1-2H3. The summed E-state index contributed by atoms with van der Waals surface area (Å²) in [5.41, 5.74) is 15.4. The number of rotatable bonds is 4. The number of para-hydroxylation sites is 2. The van der Waals surface area contributed by atoms with Crippen LogP contribution in [0.15, 0.2) is 164 Å². The van der Waals surface area contributed by atoms with E-state index >= 15 is 0 Å². The van der Waals surface area contributed by atoms with Crippen molar-refractivity contribution in [1.82, 2.24) is 15.0 Å². The fourth-order valence-corrected chi connectivity index (χ4v) is 8.33. The van der Waals surface area contributed by atoms with E-state index in [4.69, 9.17) is 19.7 Å². The fraction of sp³-hybridized carbons (Fsp3) is 0.0625. The second-order valence-electron chi connectivity index (χ2n) is 13.6. The Hall–Kier alpha value is -6.65. The fourth-order valence-electron chi connectivity index (χ4n) is 8.33. The molecular weight excluding hydrogens is 635 g/mol. The maximum absolute atomic E-state index is 6.96. The molecule has 1 atom stereocenters. The highest BCUT2D eigenvalue weighted by Crippen LogP contribution is 2.63. The minimum Gasteiger partial charge on any atom is -0.456 e. The zero-order valence-corrected chi connectivity index (χ0v) is 28.8. The first-order valence-electron chi connectivity index (χ1n) is 17.7. The molecule has 52 heavy (non-hydrogen) atoms. The zero-order chi connectivity index (χ0) is 34.8. The number of nitrogens with zero attached hydrogens (tertiary/aromatic N) is 3. The number of pyridine rings is 1. The van der Waals surface area contributed by atoms with Crippen molar-refractivity contribution in [3.8, 4) is 67.7 Å². The van der Waals surface area contributed by atoms with Gasteiger partial charge in [-0.05, 0) is 60.4 Å². The van der Waals surface area contributed by atoms with Crippen LogP contribution >= 0.6 is 0 Å². The van der Waals surface area contributed by atoms with Crippen LogP contribution in [-0.4, -0.2) is 15.0 Å². The zero-order valence-electron chi connectivity index (χ0n) is 28.8. The first kappa shape index (κ1) is 30.2. The Bertz CT molecular complexity index is 2630. The molecule has 0 bridgehead atoms. The lowest BCUT2D eigenvalue weighted by Crippen LogP contribution is -2.32. The quantitative estimate of drug-likeness (QED) is 0.187. The van der Waals surface area contributed by atoms with Gasteiger partial charge in [0.2, 0.25) is 0 Å². The Balaban J connectivity index is 1.26. The van der Waals surface area contributed by atoms with Crippen molar-refractivity contribution in [2.75, 3.05) is 0 Å². The highest BCUT2D eigenvalue weighted by molar-refractivity contribution is 5.92. The van der Waals surface area contributed by atoms with Crippen LogP contribution in [0.4, 0.5) is 0 Å². The summed E-state index contributed by atoms with van der Waals surface area (Å²) in [7, 11) is 0. The van der Waals surface area contributed by atoms with Gasteiger partial charge in [-0.25, -0.2) is 9.97 Å². The molecule has 0 saturated carbocycles. The molecule has 8 aromatic rings. The lowest BCUT2D eigenvalue weighted by molar-refractivity contribution is 0.438. The van der Waals surface area contributed by atoms with Crippen molar-refractivity contribution in [2.45, 2.75) is 19.3 Å². The third-order valence-corrected chi connectivity index (χ3v) is 10.6. The SMILES string of the molecule is Cc1ccc(-c2cccc3c2Oc2ccccc2C32c3ccccc3-c3ccc(-c4cc(-c5ccccc5)nc(-c5ccccc5)n4)cc32)c(C)n1. The molecule has 1 aliphatic heterocycles. The van der Waals surface area contributed by atoms with Gasteiger partial charge in [0, 0.05) is 50.3 Å². The smallest absolute Gasteiger partial charge is 0.160 e. The highest BCUT2D eigenvalue weighted by atomic mass is 16.5. The molecule has 4 nitrogen and oxygen atoms in total. The second kappa shape index (κ2) is 11.7. The summed E-state index contributed by atoms with van der Waals surface area (Å²) < 4.78 is 6.96. The summed E-state index contributed by atoms with van der Waals surface area (Å²) in [6, 6.07) is 57.7. The van der Waals surface area contributed by atoms with Crippen molar-refractivity contribution >= 4 is 0 Å². The number of hydrogen-bond donors (Lipinski definition) is 0. The predicted octanol–water partition coefficient (Wildman–Crippen LogP) is 11.6. The van der Waals surface area contributed by atoms with Crippen LogP contribution in [0, 0.1) is 13.8 Å². The van der Waals surface area contributed by atoms with Gasteiger partial charge in [-0.15, -0.1) is 0 Å². The normalized spacial score (nSPS) is 15.0. The average molecular weight is 668 g/mol. The number of aryl methyl sites for hydroxylation is 2. The average Bonchev–Trinajstić information content (AvgIpc) is 3.48. The van der Waals surface area contributed by atoms with Crippen LogP contribution in [0.2, 0.25) is 0 Å². The van der Waals surface area contributed by atoms with Crippen LogP contribution in [0.25, 0.3) is 56.2 Å². The maximum atomic E-state index is 6.96. The van der Waals surface area contributed by atoms with Gasteiger partial charge < -0.3 is 4.74 Å². The molecule has 6 aromatic carbocycles. The molecule has 2 aromatic heterocycles. The maximum Gasteiger partial charge on any atom is 0.160 e. The molecule has 10 rings (SSSR count). The minimum absolute atomic E-state index is 0.633. The largest absolute Gasteiger partial charge is 0.456 e. The van der Waals surface area contributed by atoms with Gasteiger partial charge >= 0.3 is 0 Å². The van der Waals surface area contributed by atoms with Crippen LogP contribution in [0.1, 0.15) is 33.6 Å². The Kier molecular flexibility index (Phi) is 6.80.